The van der Waals surface area contributed by atoms with Gasteiger partial charge in [-0.2, -0.15) is 4.98 Å². The first-order valence-corrected chi connectivity index (χ1v) is 7.65. The van der Waals surface area contributed by atoms with E-state index in [-0.39, 0.29) is 17.3 Å². The smallest absolute Gasteiger partial charge is 0.324 e. The maximum Gasteiger partial charge on any atom is 0.346 e. The number of fused-ring (bicyclic) bond motifs is 1. The lowest BCUT2D eigenvalue weighted by molar-refractivity contribution is -0.113. The van der Waals surface area contributed by atoms with Crippen LogP contribution in [-0.2, 0) is 17.6 Å². The van der Waals surface area contributed by atoms with Gasteiger partial charge in [0.1, 0.15) is 5.03 Å². The molecule has 7 heteroatoms. The predicted octanol–water partition coefficient (Wildman–Crippen LogP) is 1.38. The average Bonchev–Trinajstić information content (AvgIpc) is 2.94. The molecule has 0 bridgehead atoms. The van der Waals surface area contributed by atoms with Gasteiger partial charge in [-0.25, -0.2) is 4.79 Å². The summed E-state index contributed by atoms with van der Waals surface area (Å²) < 4.78 is 0. The van der Waals surface area contributed by atoms with Gasteiger partial charge in [-0.15, -0.1) is 0 Å². The van der Waals surface area contributed by atoms with Gasteiger partial charge in [0, 0.05) is 17.5 Å². The number of aromatic amines is 1. The maximum atomic E-state index is 11.9. The molecule has 0 aliphatic heterocycles. The summed E-state index contributed by atoms with van der Waals surface area (Å²) in [5.41, 5.74) is 2.36. The van der Waals surface area contributed by atoms with Crippen LogP contribution in [0.1, 0.15) is 17.7 Å². The van der Waals surface area contributed by atoms with Crippen LogP contribution >= 0.6 is 11.8 Å². The summed E-state index contributed by atoms with van der Waals surface area (Å²) in [6.07, 6.45) is 6.04. The van der Waals surface area contributed by atoms with Gasteiger partial charge in [0.25, 0.3) is 0 Å². The number of hydrogen-bond donors (Lipinski definition) is 2. The molecule has 0 atom stereocenters. The molecule has 0 fully saturated rings. The highest BCUT2D eigenvalue weighted by Gasteiger charge is 2.18. The lowest BCUT2D eigenvalue weighted by atomic mass is 10.3. The molecule has 21 heavy (non-hydrogen) atoms. The van der Waals surface area contributed by atoms with Crippen molar-refractivity contribution in [2.45, 2.75) is 24.3 Å². The molecular weight excluding hydrogens is 288 g/mol. The second-order valence-corrected chi connectivity index (χ2v) is 5.70. The van der Waals surface area contributed by atoms with Crippen LogP contribution in [0.4, 0.5) is 5.69 Å². The van der Waals surface area contributed by atoms with E-state index in [2.05, 4.69) is 20.3 Å². The van der Waals surface area contributed by atoms with E-state index in [9.17, 15) is 9.59 Å². The molecular formula is C14H14N4O2S. The number of aromatic nitrogens is 3. The first-order chi connectivity index (χ1) is 10.2. The molecule has 0 spiro atoms. The SMILES string of the molecule is O=C(CSc1nc(=O)[nH]c2c1CCC2)Nc1cccnc1. The van der Waals surface area contributed by atoms with Crippen molar-refractivity contribution < 1.29 is 4.79 Å². The number of rotatable bonds is 4. The maximum absolute atomic E-state index is 11.9. The minimum absolute atomic E-state index is 0.137. The number of nitrogens with one attached hydrogen (secondary N) is 2. The third-order valence-electron chi connectivity index (χ3n) is 3.22. The van der Waals surface area contributed by atoms with Crippen molar-refractivity contribution in [3.05, 3.63) is 46.3 Å². The van der Waals surface area contributed by atoms with E-state index in [4.69, 9.17) is 0 Å². The third kappa shape index (κ3) is 3.30. The Bertz CT molecular complexity index is 715. The van der Waals surface area contributed by atoms with Gasteiger partial charge >= 0.3 is 5.69 Å². The number of nitrogens with zero attached hydrogens (tertiary/aromatic N) is 2. The quantitative estimate of drug-likeness (QED) is 0.658. The summed E-state index contributed by atoms with van der Waals surface area (Å²) in [5.74, 6) is 0.0828. The zero-order valence-electron chi connectivity index (χ0n) is 11.3. The Morgan fingerprint density at radius 1 is 1.43 bits per heavy atom. The topological polar surface area (TPSA) is 87.7 Å². The summed E-state index contributed by atoms with van der Waals surface area (Å²) in [5, 5.41) is 3.43. The number of anilines is 1. The van der Waals surface area contributed by atoms with Crippen molar-refractivity contribution in [1.29, 1.82) is 0 Å². The first-order valence-electron chi connectivity index (χ1n) is 6.67. The summed E-state index contributed by atoms with van der Waals surface area (Å²) >= 11 is 1.30. The summed E-state index contributed by atoms with van der Waals surface area (Å²) in [7, 11) is 0. The van der Waals surface area contributed by atoms with Crippen molar-refractivity contribution in [1.82, 2.24) is 15.0 Å². The van der Waals surface area contributed by atoms with E-state index >= 15 is 0 Å². The van der Waals surface area contributed by atoms with Crippen LogP contribution in [0.5, 0.6) is 0 Å². The van der Waals surface area contributed by atoms with Crippen LogP contribution in [-0.4, -0.2) is 26.6 Å². The minimum Gasteiger partial charge on any atom is -0.324 e. The number of amides is 1. The summed E-state index contributed by atoms with van der Waals surface area (Å²) in [6, 6.07) is 3.53. The van der Waals surface area contributed by atoms with Crippen LogP contribution in [0.3, 0.4) is 0 Å². The second kappa shape index (κ2) is 6.09. The highest BCUT2D eigenvalue weighted by Crippen LogP contribution is 2.27. The first kappa shape index (κ1) is 13.8. The van der Waals surface area contributed by atoms with E-state index < -0.39 is 0 Å². The van der Waals surface area contributed by atoms with Gasteiger partial charge in [0.05, 0.1) is 17.6 Å². The number of carbonyl (C=O) groups excluding carboxylic acids is 1. The molecule has 0 aromatic carbocycles. The predicted molar refractivity (Wildman–Crippen MR) is 80.5 cm³/mol. The van der Waals surface area contributed by atoms with Crippen molar-refractivity contribution in [2.24, 2.45) is 0 Å². The number of hydrogen-bond acceptors (Lipinski definition) is 5. The summed E-state index contributed by atoms with van der Waals surface area (Å²) in [4.78, 5) is 34.1. The number of thioether (sulfide) groups is 1. The Morgan fingerprint density at radius 2 is 2.33 bits per heavy atom. The van der Waals surface area contributed by atoms with Crippen LogP contribution in [0, 0.1) is 0 Å². The fraction of sp³-hybridized carbons (Fsp3) is 0.286. The Kier molecular flexibility index (Phi) is 4.01. The number of carbonyl (C=O) groups is 1. The van der Waals surface area contributed by atoms with Crippen molar-refractivity contribution in [2.75, 3.05) is 11.1 Å². The average molecular weight is 302 g/mol. The number of pyridine rings is 1. The van der Waals surface area contributed by atoms with E-state index in [1.165, 1.54) is 11.8 Å². The van der Waals surface area contributed by atoms with E-state index in [1.54, 1.807) is 24.5 Å². The van der Waals surface area contributed by atoms with E-state index in [1.807, 2.05) is 0 Å². The van der Waals surface area contributed by atoms with Gasteiger partial charge in [-0.3, -0.25) is 9.78 Å². The molecule has 1 amide bonds. The zero-order valence-corrected chi connectivity index (χ0v) is 12.1. The molecule has 1 aliphatic carbocycles. The Balaban J connectivity index is 1.66. The Hall–Kier alpha value is -2.15. The number of H-pyrrole nitrogens is 1. The van der Waals surface area contributed by atoms with Crippen molar-refractivity contribution in [3.8, 4) is 0 Å². The standard InChI is InChI=1S/C14H14N4O2S/c19-12(16-9-3-2-6-15-7-9)8-21-13-10-4-1-5-11(10)17-14(20)18-13/h2-3,6-7H,1,4-5,8H2,(H,16,19)(H,17,18,20). The van der Waals surface area contributed by atoms with Crippen molar-refractivity contribution in [3.63, 3.8) is 0 Å². The fourth-order valence-electron chi connectivity index (χ4n) is 2.32. The van der Waals surface area contributed by atoms with Crippen LogP contribution in [0.2, 0.25) is 0 Å². The Labute approximate surface area is 125 Å². The fourth-order valence-corrected chi connectivity index (χ4v) is 3.21. The molecule has 2 N–H and O–H groups in total. The highest BCUT2D eigenvalue weighted by atomic mass is 32.2. The van der Waals surface area contributed by atoms with Crippen molar-refractivity contribution >= 4 is 23.4 Å². The third-order valence-corrected chi connectivity index (χ3v) is 4.24. The molecule has 108 valence electrons. The highest BCUT2D eigenvalue weighted by molar-refractivity contribution is 8.00. The lowest BCUT2D eigenvalue weighted by Gasteiger charge is -2.07. The molecule has 2 aromatic heterocycles. The van der Waals surface area contributed by atoms with Gasteiger partial charge < -0.3 is 10.3 Å². The van der Waals surface area contributed by atoms with Gasteiger partial charge in [-0.05, 0) is 31.4 Å². The van der Waals surface area contributed by atoms with Gasteiger partial charge in [0.2, 0.25) is 5.91 Å². The minimum atomic E-state index is -0.342. The summed E-state index contributed by atoms with van der Waals surface area (Å²) in [6.45, 7) is 0. The van der Waals surface area contributed by atoms with Crippen LogP contribution in [0.25, 0.3) is 0 Å². The molecule has 0 saturated carbocycles. The zero-order chi connectivity index (χ0) is 14.7. The molecule has 0 radical (unpaired) electrons. The van der Waals surface area contributed by atoms with E-state index in [0.717, 1.165) is 30.5 Å². The molecule has 1 aliphatic rings. The Morgan fingerprint density at radius 3 is 3.14 bits per heavy atom. The van der Waals surface area contributed by atoms with Crippen LogP contribution < -0.4 is 11.0 Å². The largest absolute Gasteiger partial charge is 0.346 e. The second-order valence-electron chi connectivity index (χ2n) is 4.74. The van der Waals surface area contributed by atoms with E-state index in [0.29, 0.717) is 10.7 Å². The molecule has 2 heterocycles. The van der Waals surface area contributed by atoms with Gasteiger partial charge in [0.15, 0.2) is 0 Å². The van der Waals surface area contributed by atoms with Crippen LogP contribution in [0.15, 0.2) is 34.3 Å². The molecule has 0 unspecified atom stereocenters. The van der Waals surface area contributed by atoms with Gasteiger partial charge in [-0.1, -0.05) is 11.8 Å². The molecule has 0 saturated heterocycles. The number of aryl methyl sites for hydroxylation is 1. The normalized spacial score (nSPS) is 13.0. The monoisotopic (exact) mass is 302 g/mol. The molecule has 6 nitrogen and oxygen atoms in total. The molecule has 2 aromatic rings. The molecule has 3 rings (SSSR count). The lowest BCUT2D eigenvalue weighted by Crippen LogP contribution is -2.17.